The summed E-state index contributed by atoms with van der Waals surface area (Å²) in [5, 5.41) is 9.15. The van der Waals surface area contributed by atoms with Crippen molar-refractivity contribution in [2.45, 2.75) is 55.9 Å². The highest BCUT2D eigenvalue weighted by Gasteiger charge is 2.45. The minimum absolute atomic E-state index is 0.0793. The van der Waals surface area contributed by atoms with Gasteiger partial charge in [-0.05, 0) is 67.7 Å². The maximum absolute atomic E-state index is 12.8. The molecule has 3 heterocycles. The minimum atomic E-state index is -4.36. The van der Waals surface area contributed by atoms with Crippen LogP contribution in [-0.4, -0.2) is 29.4 Å². The van der Waals surface area contributed by atoms with Gasteiger partial charge in [0.15, 0.2) is 0 Å². The van der Waals surface area contributed by atoms with Crippen LogP contribution in [0, 0.1) is 0 Å². The molecule has 3 atom stereocenters. The number of anilines is 1. The van der Waals surface area contributed by atoms with Crippen molar-refractivity contribution < 1.29 is 22.7 Å². The van der Waals surface area contributed by atoms with Crippen LogP contribution in [0.4, 0.5) is 18.9 Å². The molecule has 37 heavy (non-hydrogen) atoms. The Labute approximate surface area is 212 Å². The molecule has 1 aromatic heterocycles. The van der Waals surface area contributed by atoms with Gasteiger partial charge in [0.2, 0.25) is 0 Å². The predicted molar refractivity (Wildman–Crippen MR) is 135 cm³/mol. The third-order valence-electron chi connectivity index (χ3n) is 7.90. The molecule has 0 unspecified atom stereocenters. The molecule has 0 fully saturated rings. The SMILES string of the molecule is COC(=O)[C@@H]1Cc2c3n(c4ccccc24)[C@@]2(C=C/C(=N\Nc4ccc(C(F)(F)F)cc4)CC2)CC[C@@H]3N1. The largest absolute Gasteiger partial charge is 0.468 e. The van der Waals surface area contributed by atoms with Crippen molar-refractivity contribution in [3.05, 3.63) is 77.5 Å². The molecular weight excluding hydrogens is 481 g/mol. The smallest absolute Gasteiger partial charge is 0.416 e. The average Bonchev–Trinajstić information content (AvgIpc) is 3.26. The summed E-state index contributed by atoms with van der Waals surface area (Å²) in [6.45, 7) is 0. The minimum Gasteiger partial charge on any atom is -0.468 e. The lowest BCUT2D eigenvalue weighted by atomic mass is 9.77. The fourth-order valence-electron chi connectivity index (χ4n) is 6.11. The highest BCUT2D eigenvalue weighted by molar-refractivity contribution is 5.97. The molecule has 3 aliphatic rings. The number of esters is 1. The number of rotatable bonds is 3. The standard InChI is InChI=1S/C28H27F3N4O2/c1-37-26(36)23-16-21-20-4-2-3-5-24(20)35-25(21)22(32-23)12-15-27(35)13-10-19(11-14-27)34-33-18-8-6-17(7-9-18)28(29,30)31/h2-10,13,22-23,32-33H,11-12,14-16H2,1H3/b34-19+/t22-,23-,27+/m0/s1. The van der Waals surface area contributed by atoms with E-state index in [1.807, 2.05) is 18.2 Å². The van der Waals surface area contributed by atoms with Gasteiger partial charge in [0.1, 0.15) is 6.04 Å². The number of fused-ring (bicyclic) bond motifs is 4. The quantitative estimate of drug-likeness (QED) is 0.352. The zero-order valence-corrected chi connectivity index (χ0v) is 20.3. The van der Waals surface area contributed by atoms with Gasteiger partial charge in [-0.1, -0.05) is 24.3 Å². The number of ether oxygens (including phenoxy) is 1. The number of hydrazone groups is 1. The Morgan fingerprint density at radius 3 is 2.65 bits per heavy atom. The van der Waals surface area contributed by atoms with E-state index in [9.17, 15) is 18.0 Å². The molecule has 9 heteroatoms. The molecule has 1 spiro atoms. The Kier molecular flexibility index (Phi) is 5.63. The number of alkyl halides is 3. The topological polar surface area (TPSA) is 67.7 Å². The summed E-state index contributed by atoms with van der Waals surface area (Å²) in [6.07, 6.45) is 3.88. The summed E-state index contributed by atoms with van der Waals surface area (Å²) in [6, 6.07) is 13.0. The summed E-state index contributed by atoms with van der Waals surface area (Å²) in [5.41, 5.74) is 6.99. The zero-order chi connectivity index (χ0) is 25.8. The van der Waals surface area contributed by atoms with Crippen LogP contribution in [0.25, 0.3) is 10.9 Å². The van der Waals surface area contributed by atoms with Crippen LogP contribution in [0.5, 0.6) is 0 Å². The number of aromatic nitrogens is 1. The summed E-state index contributed by atoms with van der Waals surface area (Å²) in [4.78, 5) is 12.4. The summed E-state index contributed by atoms with van der Waals surface area (Å²) < 4.78 is 45.9. The Hall–Kier alpha value is -3.59. The molecule has 3 aromatic rings. The second kappa shape index (κ2) is 8.76. The Bertz CT molecular complexity index is 1420. The number of benzene rings is 2. The van der Waals surface area contributed by atoms with E-state index in [1.165, 1.54) is 35.9 Å². The monoisotopic (exact) mass is 508 g/mol. The number of carbonyl (C=O) groups is 1. The lowest BCUT2D eigenvalue weighted by Crippen LogP contribution is -2.50. The number of methoxy groups -OCH3 is 1. The van der Waals surface area contributed by atoms with Gasteiger partial charge in [-0.15, -0.1) is 0 Å². The number of carbonyl (C=O) groups excluding carboxylic acids is 1. The van der Waals surface area contributed by atoms with E-state index in [0.29, 0.717) is 12.1 Å². The van der Waals surface area contributed by atoms with E-state index in [-0.39, 0.29) is 23.6 Å². The Morgan fingerprint density at radius 2 is 1.95 bits per heavy atom. The number of halogens is 3. The Morgan fingerprint density at radius 1 is 1.16 bits per heavy atom. The van der Waals surface area contributed by atoms with Gasteiger partial charge in [-0.2, -0.15) is 18.3 Å². The first-order valence-corrected chi connectivity index (χ1v) is 12.4. The van der Waals surface area contributed by atoms with Crippen molar-refractivity contribution in [2.24, 2.45) is 5.10 Å². The average molecular weight is 509 g/mol. The number of nitrogens with zero attached hydrogens (tertiary/aromatic N) is 2. The van der Waals surface area contributed by atoms with Crippen molar-refractivity contribution in [3.8, 4) is 0 Å². The maximum atomic E-state index is 12.8. The van der Waals surface area contributed by atoms with Crippen LogP contribution in [0.1, 0.15) is 48.5 Å². The van der Waals surface area contributed by atoms with E-state index < -0.39 is 11.7 Å². The lowest BCUT2D eigenvalue weighted by Gasteiger charge is -2.45. The highest BCUT2D eigenvalue weighted by Crippen LogP contribution is 2.49. The van der Waals surface area contributed by atoms with Crippen molar-refractivity contribution in [1.29, 1.82) is 0 Å². The molecule has 6 nitrogen and oxygen atoms in total. The number of allylic oxidation sites excluding steroid dienone is 2. The molecule has 2 N–H and O–H groups in total. The molecule has 192 valence electrons. The third-order valence-corrected chi connectivity index (χ3v) is 7.90. The summed E-state index contributed by atoms with van der Waals surface area (Å²) >= 11 is 0. The highest BCUT2D eigenvalue weighted by atomic mass is 19.4. The molecular formula is C28H27F3N4O2. The first kappa shape index (κ1) is 23.8. The van der Waals surface area contributed by atoms with Crippen molar-refractivity contribution >= 4 is 28.3 Å². The zero-order valence-electron chi connectivity index (χ0n) is 20.3. The molecule has 0 saturated heterocycles. The van der Waals surface area contributed by atoms with Crippen molar-refractivity contribution in [1.82, 2.24) is 9.88 Å². The normalized spacial score (nSPS) is 25.9. The first-order valence-electron chi connectivity index (χ1n) is 12.4. The van der Waals surface area contributed by atoms with Crippen LogP contribution in [0.2, 0.25) is 0 Å². The van der Waals surface area contributed by atoms with E-state index >= 15 is 0 Å². The van der Waals surface area contributed by atoms with Gasteiger partial charge in [0.25, 0.3) is 0 Å². The fraction of sp³-hybridized carbons (Fsp3) is 0.357. The van der Waals surface area contributed by atoms with Crippen LogP contribution in [0.15, 0.2) is 65.8 Å². The molecule has 0 amide bonds. The van der Waals surface area contributed by atoms with Crippen LogP contribution < -0.4 is 10.7 Å². The molecule has 1 aliphatic carbocycles. The van der Waals surface area contributed by atoms with Crippen LogP contribution >= 0.6 is 0 Å². The van der Waals surface area contributed by atoms with Gasteiger partial charge >= 0.3 is 12.1 Å². The van der Waals surface area contributed by atoms with Crippen molar-refractivity contribution in [2.75, 3.05) is 12.5 Å². The summed E-state index contributed by atoms with van der Waals surface area (Å²) in [7, 11) is 1.43. The maximum Gasteiger partial charge on any atom is 0.416 e. The van der Waals surface area contributed by atoms with Crippen molar-refractivity contribution in [3.63, 3.8) is 0 Å². The lowest BCUT2D eigenvalue weighted by molar-refractivity contribution is -0.143. The first-order chi connectivity index (χ1) is 17.8. The number of nitrogens with one attached hydrogen (secondary N) is 2. The molecule has 0 saturated carbocycles. The van der Waals surface area contributed by atoms with Gasteiger partial charge in [0.05, 0.1) is 29.6 Å². The van der Waals surface area contributed by atoms with Gasteiger partial charge < -0.3 is 9.30 Å². The van der Waals surface area contributed by atoms with Crippen LogP contribution in [-0.2, 0) is 27.7 Å². The summed E-state index contributed by atoms with van der Waals surface area (Å²) in [5.74, 6) is -0.235. The number of para-hydroxylation sites is 1. The van der Waals surface area contributed by atoms with E-state index in [4.69, 9.17) is 4.74 Å². The number of hydrogen-bond acceptors (Lipinski definition) is 5. The van der Waals surface area contributed by atoms with E-state index in [2.05, 4.69) is 38.6 Å². The van der Waals surface area contributed by atoms with Gasteiger partial charge in [-0.3, -0.25) is 15.5 Å². The fourth-order valence-corrected chi connectivity index (χ4v) is 6.11. The number of hydrogen-bond donors (Lipinski definition) is 2. The second-order valence-corrected chi connectivity index (χ2v) is 9.98. The van der Waals surface area contributed by atoms with Crippen LogP contribution in [0.3, 0.4) is 0 Å². The van der Waals surface area contributed by atoms with Gasteiger partial charge in [-0.25, -0.2) is 0 Å². The molecule has 6 rings (SSSR count). The second-order valence-electron chi connectivity index (χ2n) is 9.98. The molecule has 0 bridgehead atoms. The Balaban J connectivity index is 1.30. The van der Waals surface area contributed by atoms with Gasteiger partial charge in [0, 0.05) is 29.1 Å². The third kappa shape index (κ3) is 4.01. The van der Waals surface area contributed by atoms with E-state index in [1.54, 1.807) is 0 Å². The predicted octanol–water partition coefficient (Wildman–Crippen LogP) is 5.70. The molecule has 2 aliphatic heterocycles. The van der Waals surface area contributed by atoms with E-state index in [0.717, 1.165) is 49.0 Å². The molecule has 2 aromatic carbocycles. The molecule has 0 radical (unpaired) electrons.